The van der Waals surface area contributed by atoms with Gasteiger partial charge in [0.1, 0.15) is 0 Å². The Bertz CT molecular complexity index is 269. The molecule has 1 saturated carbocycles. The molecule has 0 aromatic heterocycles. The van der Waals surface area contributed by atoms with Crippen molar-refractivity contribution in [3.8, 4) is 0 Å². The number of hydrogen-bond acceptors (Lipinski definition) is 2. The van der Waals surface area contributed by atoms with Crippen LogP contribution in [-0.2, 0) is 0 Å². The highest BCUT2D eigenvalue weighted by Crippen LogP contribution is 2.27. The summed E-state index contributed by atoms with van der Waals surface area (Å²) in [6.07, 6.45) is 12.9. The molecule has 1 N–H and O–H groups in total. The summed E-state index contributed by atoms with van der Waals surface area (Å²) < 4.78 is 0. The van der Waals surface area contributed by atoms with Gasteiger partial charge in [0.2, 0.25) is 0 Å². The average molecular weight is 295 g/mol. The van der Waals surface area contributed by atoms with E-state index >= 15 is 0 Å². The quantitative estimate of drug-likeness (QED) is 0.728. The van der Waals surface area contributed by atoms with Crippen LogP contribution >= 0.6 is 0 Å². The average Bonchev–Trinajstić information content (AvgIpc) is 2.77. The summed E-state index contributed by atoms with van der Waals surface area (Å²) in [7, 11) is 0. The van der Waals surface area contributed by atoms with Gasteiger partial charge in [-0.2, -0.15) is 0 Å². The molecule has 0 aromatic carbocycles. The number of likely N-dealkylation sites (tertiary alicyclic amines) is 1. The van der Waals surface area contributed by atoms with Crippen molar-refractivity contribution in [3.05, 3.63) is 0 Å². The fourth-order valence-corrected chi connectivity index (χ4v) is 4.52. The van der Waals surface area contributed by atoms with Gasteiger partial charge in [0.05, 0.1) is 0 Å². The maximum absolute atomic E-state index is 3.98. The van der Waals surface area contributed by atoms with Crippen LogP contribution in [0.5, 0.6) is 0 Å². The van der Waals surface area contributed by atoms with Gasteiger partial charge in [-0.15, -0.1) is 0 Å². The number of hydrogen-bond donors (Lipinski definition) is 1. The molecule has 21 heavy (non-hydrogen) atoms. The van der Waals surface area contributed by atoms with Crippen molar-refractivity contribution in [2.75, 3.05) is 19.6 Å². The Labute approximate surface area is 133 Å². The second-order valence-electron chi connectivity index (χ2n) is 7.70. The molecule has 0 radical (unpaired) electrons. The van der Waals surface area contributed by atoms with Crippen LogP contribution in [0.25, 0.3) is 0 Å². The predicted molar refractivity (Wildman–Crippen MR) is 92.7 cm³/mol. The number of nitrogens with zero attached hydrogens (tertiary/aromatic N) is 1. The van der Waals surface area contributed by atoms with E-state index in [0.29, 0.717) is 12.1 Å². The van der Waals surface area contributed by atoms with E-state index in [2.05, 4.69) is 31.0 Å². The third-order valence-corrected chi connectivity index (χ3v) is 5.92. The number of piperidine rings is 1. The second-order valence-corrected chi connectivity index (χ2v) is 7.70. The minimum absolute atomic E-state index is 0.683. The Kier molecular flexibility index (Phi) is 7.53. The summed E-state index contributed by atoms with van der Waals surface area (Å²) in [5, 5.41) is 3.98. The van der Waals surface area contributed by atoms with Crippen molar-refractivity contribution in [3.63, 3.8) is 0 Å². The Morgan fingerprint density at radius 1 is 0.905 bits per heavy atom. The summed E-state index contributed by atoms with van der Waals surface area (Å²) in [5.74, 6) is 1.78. The monoisotopic (exact) mass is 294 g/mol. The van der Waals surface area contributed by atoms with Gasteiger partial charge in [0.25, 0.3) is 0 Å². The van der Waals surface area contributed by atoms with Crippen molar-refractivity contribution in [1.82, 2.24) is 10.2 Å². The Morgan fingerprint density at radius 2 is 1.52 bits per heavy atom. The third kappa shape index (κ3) is 5.56. The summed E-state index contributed by atoms with van der Waals surface area (Å²) >= 11 is 0. The van der Waals surface area contributed by atoms with E-state index in [1.165, 1.54) is 77.4 Å². The maximum atomic E-state index is 3.98. The fourth-order valence-electron chi connectivity index (χ4n) is 4.52. The molecule has 1 aliphatic carbocycles. The van der Waals surface area contributed by atoms with Crippen LogP contribution < -0.4 is 5.32 Å². The number of rotatable bonds is 6. The van der Waals surface area contributed by atoms with E-state index in [1.54, 1.807) is 0 Å². The van der Waals surface area contributed by atoms with Crippen LogP contribution in [0, 0.1) is 11.8 Å². The molecule has 2 fully saturated rings. The van der Waals surface area contributed by atoms with E-state index in [9.17, 15) is 0 Å². The van der Waals surface area contributed by atoms with Gasteiger partial charge in [-0.25, -0.2) is 0 Å². The van der Waals surface area contributed by atoms with Crippen LogP contribution in [0.1, 0.15) is 78.6 Å². The van der Waals surface area contributed by atoms with Crippen LogP contribution in [0.4, 0.5) is 0 Å². The minimum atomic E-state index is 0.683. The van der Waals surface area contributed by atoms with Gasteiger partial charge in [0, 0.05) is 18.6 Å². The highest BCUT2D eigenvalue weighted by atomic mass is 15.1. The van der Waals surface area contributed by atoms with E-state index in [4.69, 9.17) is 0 Å². The normalized spacial score (nSPS) is 29.0. The minimum Gasteiger partial charge on any atom is -0.311 e. The zero-order valence-electron chi connectivity index (χ0n) is 14.7. The second kappa shape index (κ2) is 9.15. The molecule has 2 rings (SSSR count). The summed E-state index contributed by atoms with van der Waals surface area (Å²) in [6.45, 7) is 11.1. The summed E-state index contributed by atoms with van der Waals surface area (Å²) in [5.41, 5.74) is 0. The van der Waals surface area contributed by atoms with Crippen molar-refractivity contribution < 1.29 is 0 Å². The molecular formula is C19H38N2. The van der Waals surface area contributed by atoms with Crippen LogP contribution in [0.3, 0.4) is 0 Å². The first-order chi connectivity index (χ1) is 10.2. The molecule has 0 aromatic rings. The van der Waals surface area contributed by atoms with Gasteiger partial charge in [-0.3, -0.25) is 0 Å². The van der Waals surface area contributed by atoms with Gasteiger partial charge in [-0.05, 0) is 70.9 Å². The summed E-state index contributed by atoms with van der Waals surface area (Å²) in [6, 6.07) is 1.39. The maximum Gasteiger partial charge on any atom is 0.00818 e. The topological polar surface area (TPSA) is 15.3 Å². The first-order valence-corrected chi connectivity index (χ1v) is 9.69. The molecule has 2 nitrogen and oxygen atoms in total. The lowest BCUT2D eigenvalue weighted by molar-refractivity contribution is 0.142. The lowest BCUT2D eigenvalue weighted by Crippen LogP contribution is -2.48. The molecule has 2 unspecified atom stereocenters. The van der Waals surface area contributed by atoms with Crippen molar-refractivity contribution >= 4 is 0 Å². The van der Waals surface area contributed by atoms with E-state index < -0.39 is 0 Å². The Hall–Kier alpha value is -0.0800. The van der Waals surface area contributed by atoms with Gasteiger partial charge < -0.3 is 10.2 Å². The molecular weight excluding hydrogens is 256 g/mol. The molecule has 3 atom stereocenters. The van der Waals surface area contributed by atoms with Crippen molar-refractivity contribution in [1.29, 1.82) is 0 Å². The first kappa shape index (κ1) is 17.3. The molecule has 1 heterocycles. The highest BCUT2D eigenvalue weighted by molar-refractivity contribution is 4.84. The van der Waals surface area contributed by atoms with Crippen LogP contribution in [0.15, 0.2) is 0 Å². The highest BCUT2D eigenvalue weighted by Gasteiger charge is 2.27. The third-order valence-electron chi connectivity index (χ3n) is 5.92. The predicted octanol–water partition coefficient (Wildman–Crippen LogP) is 4.45. The zero-order chi connectivity index (χ0) is 15.1. The van der Waals surface area contributed by atoms with Crippen molar-refractivity contribution in [2.24, 2.45) is 11.8 Å². The van der Waals surface area contributed by atoms with E-state index in [1.807, 2.05) is 0 Å². The first-order valence-electron chi connectivity index (χ1n) is 9.69. The van der Waals surface area contributed by atoms with E-state index in [-0.39, 0.29) is 0 Å². The SMILES string of the molecule is CCCN1CCCC(C(C)N[C@H](C)C2CCCCCC2)C1. The lowest BCUT2D eigenvalue weighted by Gasteiger charge is -2.38. The molecule has 0 bridgehead atoms. The summed E-state index contributed by atoms with van der Waals surface area (Å²) in [4.78, 5) is 2.68. The van der Waals surface area contributed by atoms with Crippen LogP contribution in [0.2, 0.25) is 0 Å². The fraction of sp³-hybridized carbons (Fsp3) is 1.00. The Morgan fingerprint density at radius 3 is 2.19 bits per heavy atom. The van der Waals surface area contributed by atoms with Crippen molar-refractivity contribution in [2.45, 2.75) is 90.6 Å². The molecule has 124 valence electrons. The number of nitrogens with one attached hydrogen (secondary N) is 1. The zero-order valence-corrected chi connectivity index (χ0v) is 14.7. The van der Waals surface area contributed by atoms with Crippen LogP contribution in [-0.4, -0.2) is 36.6 Å². The smallest absolute Gasteiger partial charge is 0.00818 e. The lowest BCUT2D eigenvalue weighted by atomic mass is 9.88. The molecule has 1 aliphatic heterocycles. The Balaban J connectivity index is 1.77. The largest absolute Gasteiger partial charge is 0.311 e. The van der Waals surface area contributed by atoms with Gasteiger partial charge >= 0.3 is 0 Å². The standard InChI is InChI=1S/C19H38N2/c1-4-13-21-14-9-12-19(15-21)17(3)20-16(2)18-10-7-5-6-8-11-18/h16-20H,4-15H2,1-3H3/t16-,17?,19?/m1/s1. The van der Waals surface area contributed by atoms with Gasteiger partial charge in [-0.1, -0.05) is 32.6 Å². The molecule has 0 spiro atoms. The molecule has 1 saturated heterocycles. The molecule has 2 aliphatic rings. The molecule has 2 heteroatoms. The molecule has 0 amide bonds. The van der Waals surface area contributed by atoms with E-state index in [0.717, 1.165) is 11.8 Å². The van der Waals surface area contributed by atoms with Gasteiger partial charge in [0.15, 0.2) is 0 Å².